The average molecular weight is 614 g/mol. The van der Waals surface area contributed by atoms with Crippen molar-refractivity contribution < 1.29 is 24.5 Å². The minimum atomic E-state index is -1.33. The van der Waals surface area contributed by atoms with Crippen molar-refractivity contribution in [2.75, 3.05) is 26.2 Å². The van der Waals surface area contributed by atoms with Crippen LogP contribution in [0.5, 0.6) is 0 Å². The Morgan fingerprint density at radius 3 is 2.43 bits per heavy atom. The van der Waals surface area contributed by atoms with E-state index in [9.17, 15) is 9.59 Å². The van der Waals surface area contributed by atoms with Gasteiger partial charge >= 0.3 is 0 Å². The normalized spacial score (nSPS) is 15.0. The van der Waals surface area contributed by atoms with Crippen molar-refractivity contribution in [1.82, 2.24) is 10.6 Å². The Labute approximate surface area is 267 Å². The predicted octanol–water partition coefficient (Wildman–Crippen LogP) is 6.31. The average Bonchev–Trinajstić information content (AvgIpc) is 2.99. The van der Waals surface area contributed by atoms with Gasteiger partial charge in [0.1, 0.15) is 18.7 Å². The first kappa shape index (κ1) is 42.8. The lowest BCUT2D eigenvalue weighted by atomic mass is 10.1. The summed E-state index contributed by atoms with van der Waals surface area (Å²) >= 11 is 0. The third-order valence-corrected chi connectivity index (χ3v) is 5.49. The second kappa shape index (κ2) is 31.1. The molecule has 8 heteroatoms. The third-order valence-electron chi connectivity index (χ3n) is 5.49. The van der Waals surface area contributed by atoms with E-state index >= 15 is 0 Å². The predicted molar refractivity (Wildman–Crippen MR) is 186 cm³/mol. The maximum atomic E-state index is 12.1. The van der Waals surface area contributed by atoms with E-state index in [1.54, 1.807) is 6.08 Å². The minimum absolute atomic E-state index is 0.0224. The van der Waals surface area contributed by atoms with Crippen LogP contribution in [0, 0.1) is 5.92 Å². The number of rotatable bonds is 19. The zero-order valence-corrected chi connectivity index (χ0v) is 28.0. The van der Waals surface area contributed by atoms with Crippen LogP contribution in [0.4, 0.5) is 0 Å². The molecule has 0 aromatic heterocycles. The summed E-state index contributed by atoms with van der Waals surface area (Å²) in [6.45, 7) is 19.1. The fraction of sp³-hybridized carbons (Fsp3) is 0.528. The lowest BCUT2D eigenvalue weighted by molar-refractivity contribution is -0.120. The van der Waals surface area contributed by atoms with Crippen molar-refractivity contribution in [1.29, 1.82) is 0 Å². The van der Waals surface area contributed by atoms with E-state index in [2.05, 4.69) is 56.0 Å². The van der Waals surface area contributed by atoms with Crippen LogP contribution in [0.15, 0.2) is 89.7 Å². The molecule has 1 amide bonds. The number of aliphatic hydroxyl groups excluding tert-OH is 1. The maximum absolute atomic E-state index is 12.1. The molecule has 0 saturated carbocycles. The van der Waals surface area contributed by atoms with E-state index in [1.807, 2.05) is 62.5 Å². The highest BCUT2D eigenvalue weighted by Crippen LogP contribution is 2.05. The van der Waals surface area contributed by atoms with Gasteiger partial charge in [0.05, 0.1) is 12.6 Å². The van der Waals surface area contributed by atoms with Gasteiger partial charge in [-0.25, -0.2) is 0 Å². The Morgan fingerprint density at radius 2 is 1.86 bits per heavy atom. The number of hydrogen-bond donors (Lipinski definition) is 4. The number of dihydropyridines is 1. The Bertz CT molecular complexity index is 972. The standard InChI is InChI=1S/C22H32N2O2.C11H21NO2.C3H6O/c1-5-6-11-21(26-16-9-7-8-10-18(2)3)14-15-22(25)24-20-13-12-19(4)23-17-20;1-3-8-12-9-10(2)6-4-5-7-11(13)14;1-2-3-4/h6-14,18,20H,5,15-17H2,1-4H3,(H,24,25);5,7,11-14H,2-4,6,8-9H2,1H3;3H,2H2,1H3/b9-7-,10-8-,11-6-,21-14+;7-5+;. The second-order valence-corrected chi connectivity index (χ2v) is 10.4. The number of amides is 1. The van der Waals surface area contributed by atoms with Crippen molar-refractivity contribution in [3.63, 3.8) is 0 Å². The van der Waals surface area contributed by atoms with Crippen molar-refractivity contribution in [3.05, 3.63) is 84.7 Å². The van der Waals surface area contributed by atoms with Crippen LogP contribution in [0.25, 0.3) is 0 Å². The van der Waals surface area contributed by atoms with Gasteiger partial charge in [0.2, 0.25) is 5.91 Å². The summed E-state index contributed by atoms with van der Waals surface area (Å²) in [6, 6.07) is -0.0224. The number of nitrogens with one attached hydrogen (secondary N) is 2. The van der Waals surface area contributed by atoms with Gasteiger partial charge in [0, 0.05) is 25.1 Å². The number of aliphatic imine (C=N–C) groups is 1. The molecule has 0 bridgehead atoms. The highest BCUT2D eigenvalue weighted by atomic mass is 16.5. The van der Waals surface area contributed by atoms with Crippen molar-refractivity contribution in [2.24, 2.45) is 10.9 Å². The first-order chi connectivity index (χ1) is 21.1. The van der Waals surface area contributed by atoms with Crippen molar-refractivity contribution >= 4 is 17.9 Å². The summed E-state index contributed by atoms with van der Waals surface area (Å²) < 4.78 is 5.74. The van der Waals surface area contributed by atoms with Crippen LogP contribution in [0.2, 0.25) is 0 Å². The van der Waals surface area contributed by atoms with E-state index < -0.39 is 6.29 Å². The molecular weight excluding hydrogens is 554 g/mol. The quantitative estimate of drug-likeness (QED) is 0.0338. The van der Waals surface area contributed by atoms with Crippen LogP contribution in [-0.4, -0.2) is 66.7 Å². The molecule has 1 aliphatic heterocycles. The number of carbonyl (C=O) groups excluding carboxylic acids is 2. The summed E-state index contributed by atoms with van der Waals surface area (Å²) in [5.41, 5.74) is 2.14. The van der Waals surface area contributed by atoms with Crippen LogP contribution in [0.3, 0.4) is 0 Å². The molecule has 1 unspecified atom stereocenters. The Hall–Kier alpha value is -3.33. The van der Waals surface area contributed by atoms with Gasteiger partial charge in [-0.05, 0) is 75.4 Å². The van der Waals surface area contributed by atoms with Gasteiger partial charge in [0.25, 0.3) is 0 Å². The monoisotopic (exact) mass is 613 g/mol. The summed E-state index contributed by atoms with van der Waals surface area (Å²) in [6.07, 6.45) is 25.1. The second-order valence-electron chi connectivity index (χ2n) is 10.4. The Balaban J connectivity index is 0. The number of carbonyl (C=O) groups is 2. The van der Waals surface area contributed by atoms with Gasteiger partial charge in [-0.2, -0.15) is 0 Å². The molecule has 4 N–H and O–H groups in total. The van der Waals surface area contributed by atoms with Crippen LogP contribution < -0.4 is 10.6 Å². The van der Waals surface area contributed by atoms with Crippen LogP contribution >= 0.6 is 0 Å². The van der Waals surface area contributed by atoms with Gasteiger partial charge < -0.3 is 30.4 Å². The summed E-state index contributed by atoms with van der Waals surface area (Å²) in [5.74, 6) is 1.22. The van der Waals surface area contributed by atoms with Gasteiger partial charge in [-0.15, -0.1) is 0 Å². The van der Waals surface area contributed by atoms with E-state index in [4.69, 9.17) is 14.9 Å². The molecule has 0 aromatic rings. The molecule has 0 fully saturated rings. The smallest absolute Gasteiger partial charge is 0.224 e. The molecule has 44 heavy (non-hydrogen) atoms. The molecule has 0 aromatic carbocycles. The minimum Gasteiger partial charge on any atom is -0.490 e. The van der Waals surface area contributed by atoms with E-state index in [0.29, 0.717) is 31.2 Å². The zero-order valence-electron chi connectivity index (χ0n) is 28.0. The lowest BCUT2D eigenvalue weighted by Gasteiger charge is -2.15. The molecule has 248 valence electrons. The first-order valence-electron chi connectivity index (χ1n) is 15.7. The fourth-order valence-electron chi connectivity index (χ4n) is 3.17. The molecule has 1 rings (SSSR count). The largest absolute Gasteiger partial charge is 0.490 e. The first-order valence-corrected chi connectivity index (χ1v) is 15.7. The summed E-state index contributed by atoms with van der Waals surface area (Å²) in [4.78, 5) is 25.6. The van der Waals surface area contributed by atoms with Crippen LogP contribution in [-0.2, 0) is 14.3 Å². The topological polar surface area (TPSA) is 120 Å². The molecule has 1 aliphatic rings. The van der Waals surface area contributed by atoms with Gasteiger partial charge in [0.15, 0.2) is 6.29 Å². The molecule has 1 atom stereocenters. The third kappa shape index (κ3) is 31.6. The number of aliphatic hydroxyl groups is 2. The highest BCUT2D eigenvalue weighted by molar-refractivity contribution is 5.93. The Morgan fingerprint density at radius 1 is 1.14 bits per heavy atom. The molecule has 1 heterocycles. The fourth-order valence-corrected chi connectivity index (χ4v) is 3.17. The van der Waals surface area contributed by atoms with Gasteiger partial charge in [-0.1, -0.05) is 83.2 Å². The summed E-state index contributed by atoms with van der Waals surface area (Å²) in [5, 5.41) is 23.3. The molecule has 0 aliphatic carbocycles. The van der Waals surface area contributed by atoms with E-state index in [-0.39, 0.29) is 18.4 Å². The zero-order chi connectivity index (χ0) is 33.4. The molecular formula is C36H59N3O5. The van der Waals surface area contributed by atoms with Crippen molar-refractivity contribution in [3.8, 4) is 0 Å². The molecule has 0 saturated heterocycles. The summed E-state index contributed by atoms with van der Waals surface area (Å²) in [7, 11) is 0. The SMILES string of the molecule is C=C(CC/C=C/C(O)O)CNCCC.CC/C=C\C(=C/CC(=O)NC1C=CC(C)=NC1)OC/C=C\C=C/C(C)C.CCC=O. The van der Waals surface area contributed by atoms with E-state index in [1.165, 1.54) is 6.08 Å². The highest BCUT2D eigenvalue weighted by Gasteiger charge is 2.10. The number of hydrogen-bond acceptors (Lipinski definition) is 7. The number of ether oxygens (including phenoxy) is 1. The van der Waals surface area contributed by atoms with Crippen LogP contribution in [0.1, 0.15) is 80.1 Å². The maximum Gasteiger partial charge on any atom is 0.224 e. The number of allylic oxidation sites excluding steroid dienone is 7. The Kier molecular flexibility index (Phi) is 30.3. The molecule has 8 nitrogen and oxygen atoms in total. The molecule has 0 spiro atoms. The van der Waals surface area contributed by atoms with Crippen molar-refractivity contribution in [2.45, 2.75) is 92.4 Å². The number of aldehydes is 1. The van der Waals surface area contributed by atoms with E-state index in [0.717, 1.165) is 56.3 Å². The number of nitrogens with zero attached hydrogens (tertiary/aromatic N) is 1. The van der Waals surface area contributed by atoms with Gasteiger partial charge in [-0.3, -0.25) is 9.79 Å². The molecule has 0 radical (unpaired) electrons. The lowest BCUT2D eigenvalue weighted by Crippen LogP contribution is -2.36.